The van der Waals surface area contributed by atoms with Gasteiger partial charge in [-0.15, -0.1) is 11.3 Å². The minimum absolute atomic E-state index is 0.320. The van der Waals surface area contributed by atoms with Gasteiger partial charge in [0.05, 0.1) is 19.4 Å². The Kier molecular flexibility index (Phi) is 3.07. The molecule has 2 heterocycles. The molecule has 3 nitrogen and oxygen atoms in total. The van der Waals surface area contributed by atoms with Crippen LogP contribution in [0.25, 0.3) is 0 Å². The first-order valence-corrected chi connectivity index (χ1v) is 5.76. The molecule has 0 atom stereocenters. The number of rotatable bonds is 4. The fourth-order valence-electron chi connectivity index (χ4n) is 1.39. The van der Waals surface area contributed by atoms with Crippen molar-refractivity contribution in [2.75, 3.05) is 19.8 Å². The molecule has 1 N–H and O–H groups in total. The summed E-state index contributed by atoms with van der Waals surface area (Å²) < 4.78 is 5.92. The standard InChI is InChI=1S/C9H13ClN2OS/c1-9(5-13-6-9)4-11-3-8-12-2-7(10)14-8/h2,11H,3-6H2,1H3. The molecular formula is C9H13ClN2OS. The minimum atomic E-state index is 0.320. The van der Waals surface area contributed by atoms with E-state index in [9.17, 15) is 0 Å². The molecule has 0 spiro atoms. The number of nitrogens with one attached hydrogen (secondary N) is 1. The zero-order chi connectivity index (χ0) is 10.0. The molecule has 0 unspecified atom stereocenters. The highest BCUT2D eigenvalue weighted by molar-refractivity contribution is 7.15. The fourth-order valence-corrected chi connectivity index (χ4v) is 2.32. The smallest absolute Gasteiger partial charge is 0.113 e. The highest BCUT2D eigenvalue weighted by Crippen LogP contribution is 2.25. The summed E-state index contributed by atoms with van der Waals surface area (Å²) in [5, 5.41) is 4.41. The monoisotopic (exact) mass is 232 g/mol. The van der Waals surface area contributed by atoms with Crippen LogP contribution in [0.3, 0.4) is 0 Å². The molecule has 0 aliphatic carbocycles. The second kappa shape index (κ2) is 4.14. The van der Waals surface area contributed by atoms with Crippen molar-refractivity contribution >= 4 is 22.9 Å². The average Bonchev–Trinajstić information content (AvgIpc) is 2.49. The van der Waals surface area contributed by atoms with Gasteiger partial charge in [0.25, 0.3) is 0 Å². The topological polar surface area (TPSA) is 34.2 Å². The summed E-state index contributed by atoms with van der Waals surface area (Å²) in [5.41, 5.74) is 0.320. The maximum Gasteiger partial charge on any atom is 0.113 e. The Morgan fingerprint density at radius 3 is 3.00 bits per heavy atom. The normalized spacial score (nSPS) is 19.3. The van der Waals surface area contributed by atoms with Gasteiger partial charge in [0, 0.05) is 18.5 Å². The van der Waals surface area contributed by atoms with Crippen molar-refractivity contribution in [1.29, 1.82) is 0 Å². The second-order valence-corrected chi connectivity index (χ2v) is 5.71. The summed E-state index contributed by atoms with van der Waals surface area (Å²) in [4.78, 5) is 4.17. The predicted octanol–water partition coefficient (Wildman–Crippen LogP) is 1.92. The van der Waals surface area contributed by atoms with Crippen LogP contribution in [0, 0.1) is 5.41 Å². The molecule has 0 saturated carbocycles. The quantitative estimate of drug-likeness (QED) is 0.862. The Bertz CT molecular complexity index is 312. The van der Waals surface area contributed by atoms with Crippen LogP contribution in [0.2, 0.25) is 4.34 Å². The van der Waals surface area contributed by atoms with Crippen molar-refractivity contribution in [3.8, 4) is 0 Å². The Hall–Kier alpha value is -0.160. The van der Waals surface area contributed by atoms with E-state index >= 15 is 0 Å². The van der Waals surface area contributed by atoms with E-state index in [1.165, 1.54) is 11.3 Å². The van der Waals surface area contributed by atoms with E-state index in [4.69, 9.17) is 16.3 Å². The summed E-state index contributed by atoms with van der Waals surface area (Å²) >= 11 is 7.30. The van der Waals surface area contributed by atoms with Crippen LogP contribution in [0.5, 0.6) is 0 Å². The molecule has 2 rings (SSSR count). The van der Waals surface area contributed by atoms with E-state index < -0.39 is 0 Å². The maximum atomic E-state index is 5.78. The van der Waals surface area contributed by atoms with Crippen LogP contribution in [0.15, 0.2) is 6.20 Å². The maximum absolute atomic E-state index is 5.78. The van der Waals surface area contributed by atoms with Gasteiger partial charge in [-0.1, -0.05) is 18.5 Å². The van der Waals surface area contributed by atoms with Crippen LogP contribution < -0.4 is 5.32 Å². The zero-order valence-corrected chi connectivity index (χ0v) is 9.62. The molecule has 0 radical (unpaired) electrons. The van der Waals surface area contributed by atoms with Crippen LogP contribution in [0.1, 0.15) is 11.9 Å². The molecule has 1 aliphatic heterocycles. The Labute approximate surface area is 92.4 Å². The molecule has 1 aromatic heterocycles. The van der Waals surface area contributed by atoms with E-state index in [-0.39, 0.29) is 0 Å². The second-order valence-electron chi connectivity index (χ2n) is 3.97. The van der Waals surface area contributed by atoms with E-state index in [0.29, 0.717) is 5.41 Å². The van der Waals surface area contributed by atoms with Gasteiger partial charge in [0.15, 0.2) is 0 Å². The van der Waals surface area contributed by atoms with Crippen molar-refractivity contribution in [3.63, 3.8) is 0 Å². The molecular weight excluding hydrogens is 220 g/mol. The largest absolute Gasteiger partial charge is 0.380 e. The van der Waals surface area contributed by atoms with E-state index in [0.717, 1.165) is 35.6 Å². The highest BCUT2D eigenvalue weighted by Gasteiger charge is 2.32. The number of thiazole rings is 1. The first kappa shape index (κ1) is 10.4. The molecule has 78 valence electrons. The summed E-state index contributed by atoms with van der Waals surface area (Å²) in [6, 6.07) is 0. The van der Waals surface area contributed by atoms with Gasteiger partial charge < -0.3 is 10.1 Å². The number of hydrogen-bond donors (Lipinski definition) is 1. The molecule has 1 fully saturated rings. The molecule has 14 heavy (non-hydrogen) atoms. The van der Waals surface area contributed by atoms with Gasteiger partial charge in [-0.2, -0.15) is 0 Å². The summed E-state index contributed by atoms with van der Waals surface area (Å²) in [7, 11) is 0. The van der Waals surface area contributed by atoms with Gasteiger partial charge in [0.1, 0.15) is 9.34 Å². The zero-order valence-electron chi connectivity index (χ0n) is 8.05. The lowest BCUT2D eigenvalue weighted by atomic mass is 9.89. The number of ether oxygens (including phenoxy) is 1. The molecule has 5 heteroatoms. The third kappa shape index (κ3) is 2.45. The van der Waals surface area contributed by atoms with Gasteiger partial charge in [-0.25, -0.2) is 4.98 Å². The molecule has 0 amide bonds. The van der Waals surface area contributed by atoms with Crippen molar-refractivity contribution in [2.24, 2.45) is 5.41 Å². The molecule has 0 bridgehead atoms. The van der Waals surface area contributed by atoms with Crippen molar-refractivity contribution < 1.29 is 4.74 Å². The molecule has 1 saturated heterocycles. The van der Waals surface area contributed by atoms with Gasteiger partial charge in [-0.3, -0.25) is 0 Å². The van der Waals surface area contributed by atoms with Gasteiger partial charge >= 0.3 is 0 Å². The predicted molar refractivity (Wildman–Crippen MR) is 57.8 cm³/mol. The van der Waals surface area contributed by atoms with Crippen LogP contribution in [-0.4, -0.2) is 24.7 Å². The number of aromatic nitrogens is 1. The van der Waals surface area contributed by atoms with E-state index in [1.54, 1.807) is 6.20 Å². The van der Waals surface area contributed by atoms with Crippen LogP contribution in [0.4, 0.5) is 0 Å². The number of halogens is 1. The number of nitrogens with zero attached hydrogens (tertiary/aromatic N) is 1. The van der Waals surface area contributed by atoms with Crippen molar-refractivity contribution in [2.45, 2.75) is 13.5 Å². The first-order valence-electron chi connectivity index (χ1n) is 4.57. The van der Waals surface area contributed by atoms with Crippen LogP contribution >= 0.6 is 22.9 Å². The highest BCUT2D eigenvalue weighted by atomic mass is 35.5. The first-order chi connectivity index (χ1) is 6.68. The fraction of sp³-hybridized carbons (Fsp3) is 0.667. The third-order valence-corrected chi connectivity index (χ3v) is 3.37. The Balaban J connectivity index is 1.72. The summed E-state index contributed by atoms with van der Waals surface area (Å²) in [5.74, 6) is 0. The lowest BCUT2D eigenvalue weighted by molar-refractivity contribution is -0.0991. The lowest BCUT2D eigenvalue weighted by Crippen LogP contribution is -2.47. The van der Waals surface area contributed by atoms with Crippen molar-refractivity contribution in [3.05, 3.63) is 15.5 Å². The average molecular weight is 233 g/mol. The van der Waals surface area contributed by atoms with Crippen molar-refractivity contribution in [1.82, 2.24) is 10.3 Å². The molecule has 1 aliphatic rings. The Morgan fingerprint density at radius 1 is 1.71 bits per heavy atom. The van der Waals surface area contributed by atoms with E-state index in [1.807, 2.05) is 0 Å². The van der Waals surface area contributed by atoms with Crippen LogP contribution in [-0.2, 0) is 11.3 Å². The lowest BCUT2D eigenvalue weighted by Gasteiger charge is -2.38. The van der Waals surface area contributed by atoms with Gasteiger partial charge in [0.2, 0.25) is 0 Å². The third-order valence-electron chi connectivity index (χ3n) is 2.25. The van der Waals surface area contributed by atoms with Gasteiger partial charge in [-0.05, 0) is 0 Å². The number of hydrogen-bond acceptors (Lipinski definition) is 4. The molecule has 0 aromatic carbocycles. The minimum Gasteiger partial charge on any atom is -0.380 e. The SMILES string of the molecule is CC1(CNCc2ncc(Cl)s2)COC1. The van der Waals surface area contributed by atoms with E-state index in [2.05, 4.69) is 17.2 Å². The Morgan fingerprint density at radius 2 is 2.50 bits per heavy atom. The summed E-state index contributed by atoms with van der Waals surface area (Å²) in [6.07, 6.45) is 1.69. The molecule has 1 aromatic rings. The summed E-state index contributed by atoms with van der Waals surface area (Å²) in [6.45, 7) is 5.72.